The molecule has 0 aromatic rings. The number of hydrogen-bond acceptors (Lipinski definition) is 4. The minimum Gasteiger partial charge on any atom is -0.417 e. The Morgan fingerprint density at radius 1 is 1.62 bits per heavy atom. The van der Waals surface area contributed by atoms with E-state index in [-0.39, 0.29) is 0 Å². The summed E-state index contributed by atoms with van der Waals surface area (Å²) in [6.07, 6.45) is 1.62. The highest BCUT2D eigenvalue weighted by molar-refractivity contribution is 4.86. The van der Waals surface area contributed by atoms with E-state index in [0.717, 1.165) is 0 Å². The Morgan fingerprint density at radius 3 is 2.62 bits per heavy atom. The third-order valence-corrected chi connectivity index (χ3v) is 0.653. The molecule has 8 heavy (non-hydrogen) atoms. The van der Waals surface area contributed by atoms with E-state index in [4.69, 9.17) is 11.8 Å². The van der Waals surface area contributed by atoms with Gasteiger partial charge in [0.25, 0.3) is 0 Å². The fourth-order valence-corrected chi connectivity index (χ4v) is 0.214. The average Bonchev–Trinajstić information content (AvgIpc) is 1.83. The quantitative estimate of drug-likeness (QED) is 0.393. The van der Waals surface area contributed by atoms with Crippen molar-refractivity contribution in [2.75, 3.05) is 6.61 Å². The Kier molecular flexibility index (Phi) is 4.24. The Hall–Kier alpha value is -0.580. The Balaban J connectivity index is 3.26. The van der Waals surface area contributed by atoms with Gasteiger partial charge >= 0.3 is 0 Å². The van der Waals surface area contributed by atoms with Crippen molar-refractivity contribution in [3.63, 3.8) is 0 Å². The van der Waals surface area contributed by atoms with Gasteiger partial charge in [-0.05, 0) is 13.0 Å². The topological polar surface area (TPSA) is 70.5 Å². The van der Waals surface area contributed by atoms with Crippen LogP contribution >= 0.6 is 0 Å². The number of nitrogens with two attached hydrogens (primary N) is 2. The van der Waals surface area contributed by atoms with E-state index in [0.29, 0.717) is 12.4 Å². The fourth-order valence-electron chi connectivity index (χ4n) is 0.214. The molecule has 4 N–H and O–H groups in total. The lowest BCUT2D eigenvalue weighted by Crippen LogP contribution is -2.01. The van der Waals surface area contributed by atoms with Gasteiger partial charge in [0.15, 0.2) is 0 Å². The van der Waals surface area contributed by atoms with Crippen molar-refractivity contribution in [3.8, 4) is 0 Å². The zero-order valence-electron chi connectivity index (χ0n) is 4.76. The van der Waals surface area contributed by atoms with Crippen molar-refractivity contribution >= 4 is 0 Å². The SMILES string of the molecule is CC(=CCON)ON. The summed E-state index contributed by atoms with van der Waals surface area (Å²) in [4.78, 5) is 8.48. The van der Waals surface area contributed by atoms with Crippen molar-refractivity contribution in [2.45, 2.75) is 6.92 Å². The Morgan fingerprint density at radius 2 is 2.25 bits per heavy atom. The number of hydrogen-bond donors (Lipinski definition) is 2. The molecule has 0 bridgehead atoms. The monoisotopic (exact) mass is 118 g/mol. The largest absolute Gasteiger partial charge is 0.417 e. The van der Waals surface area contributed by atoms with Gasteiger partial charge in [0.2, 0.25) is 0 Å². The lowest BCUT2D eigenvalue weighted by molar-refractivity contribution is 0.159. The van der Waals surface area contributed by atoms with Gasteiger partial charge in [-0.15, -0.1) is 0 Å². The molecular formula is C4H10N2O2. The highest BCUT2D eigenvalue weighted by Gasteiger charge is 1.81. The standard InChI is InChI=1S/C4H10N2O2/c1-4(8-6)2-3-7-5/h2H,3,5-6H2,1H3. The van der Waals surface area contributed by atoms with Gasteiger partial charge < -0.3 is 9.68 Å². The first-order chi connectivity index (χ1) is 3.81. The molecular weight excluding hydrogens is 108 g/mol. The molecule has 0 aliphatic rings. The maximum Gasteiger partial charge on any atom is 0.119 e. The van der Waals surface area contributed by atoms with Crippen LogP contribution in [0.1, 0.15) is 6.92 Å². The average molecular weight is 118 g/mol. The smallest absolute Gasteiger partial charge is 0.119 e. The second kappa shape index (κ2) is 4.58. The molecule has 0 fully saturated rings. The van der Waals surface area contributed by atoms with Crippen LogP contribution in [0.4, 0.5) is 0 Å². The molecule has 0 saturated carbocycles. The minimum atomic E-state index is 0.322. The van der Waals surface area contributed by atoms with Crippen molar-refractivity contribution in [1.29, 1.82) is 0 Å². The van der Waals surface area contributed by atoms with Crippen LogP contribution < -0.4 is 11.8 Å². The van der Waals surface area contributed by atoms with Crippen LogP contribution in [0.5, 0.6) is 0 Å². The molecule has 4 nitrogen and oxygen atoms in total. The van der Waals surface area contributed by atoms with Crippen molar-refractivity contribution in [2.24, 2.45) is 11.8 Å². The van der Waals surface area contributed by atoms with Gasteiger partial charge in [-0.3, -0.25) is 0 Å². The third-order valence-electron chi connectivity index (χ3n) is 0.653. The minimum absolute atomic E-state index is 0.322. The summed E-state index contributed by atoms with van der Waals surface area (Å²) in [7, 11) is 0. The second-order valence-electron chi connectivity index (χ2n) is 1.27. The highest BCUT2D eigenvalue weighted by atomic mass is 16.6. The van der Waals surface area contributed by atoms with Crippen molar-refractivity contribution in [3.05, 3.63) is 11.8 Å². The first-order valence-electron chi connectivity index (χ1n) is 2.16. The molecule has 48 valence electrons. The van der Waals surface area contributed by atoms with Gasteiger partial charge in [0.1, 0.15) is 5.76 Å². The predicted octanol–water partition coefficient (Wildman–Crippen LogP) is -0.329. The summed E-state index contributed by atoms with van der Waals surface area (Å²) < 4.78 is 0. The normalized spacial score (nSPS) is 11.6. The van der Waals surface area contributed by atoms with E-state index >= 15 is 0 Å². The van der Waals surface area contributed by atoms with E-state index in [2.05, 4.69) is 9.68 Å². The van der Waals surface area contributed by atoms with Crippen molar-refractivity contribution < 1.29 is 9.68 Å². The van der Waals surface area contributed by atoms with Crippen LogP contribution in [0.25, 0.3) is 0 Å². The molecule has 0 amide bonds. The molecule has 0 spiro atoms. The number of rotatable bonds is 3. The summed E-state index contributed by atoms with van der Waals surface area (Å²) in [5.74, 6) is 10.0. The van der Waals surface area contributed by atoms with E-state index in [1.165, 1.54) is 0 Å². The van der Waals surface area contributed by atoms with Gasteiger partial charge in [-0.25, -0.2) is 5.90 Å². The van der Waals surface area contributed by atoms with Crippen LogP contribution in [-0.4, -0.2) is 6.61 Å². The van der Waals surface area contributed by atoms with Gasteiger partial charge in [-0.2, -0.15) is 5.90 Å². The van der Waals surface area contributed by atoms with Crippen LogP contribution in [0, 0.1) is 0 Å². The highest BCUT2D eigenvalue weighted by Crippen LogP contribution is 1.87. The molecule has 0 heterocycles. The second-order valence-corrected chi connectivity index (χ2v) is 1.27. The van der Waals surface area contributed by atoms with Gasteiger partial charge in [0, 0.05) is 0 Å². The van der Waals surface area contributed by atoms with E-state index in [1.807, 2.05) is 0 Å². The molecule has 4 heteroatoms. The molecule has 0 aromatic carbocycles. The maximum atomic E-state index is 4.75. The zero-order chi connectivity index (χ0) is 6.41. The van der Waals surface area contributed by atoms with Crippen LogP contribution in [0.3, 0.4) is 0 Å². The Labute approximate surface area is 48.0 Å². The van der Waals surface area contributed by atoms with Crippen molar-refractivity contribution in [1.82, 2.24) is 0 Å². The molecule has 0 saturated heterocycles. The summed E-state index contributed by atoms with van der Waals surface area (Å²) in [6, 6.07) is 0. The van der Waals surface area contributed by atoms with E-state index in [9.17, 15) is 0 Å². The first kappa shape index (κ1) is 7.42. The van der Waals surface area contributed by atoms with E-state index in [1.54, 1.807) is 13.0 Å². The maximum absolute atomic E-state index is 4.75. The Bertz CT molecular complexity index is 82.1. The lowest BCUT2D eigenvalue weighted by atomic mass is 10.5. The van der Waals surface area contributed by atoms with E-state index < -0.39 is 0 Å². The lowest BCUT2D eigenvalue weighted by Gasteiger charge is -1.94. The van der Waals surface area contributed by atoms with Crippen LogP contribution in [0.2, 0.25) is 0 Å². The predicted molar refractivity (Wildman–Crippen MR) is 29.2 cm³/mol. The molecule has 0 aliphatic heterocycles. The molecule has 0 aliphatic carbocycles. The van der Waals surface area contributed by atoms with Gasteiger partial charge in [0.05, 0.1) is 6.61 Å². The summed E-state index contributed by atoms with van der Waals surface area (Å²) in [6.45, 7) is 2.03. The molecule has 0 rings (SSSR count). The molecule has 0 atom stereocenters. The zero-order valence-corrected chi connectivity index (χ0v) is 4.76. The third kappa shape index (κ3) is 3.60. The first-order valence-corrected chi connectivity index (χ1v) is 2.16. The fraction of sp³-hybridized carbons (Fsp3) is 0.500. The molecule has 0 unspecified atom stereocenters. The summed E-state index contributed by atoms with van der Waals surface area (Å²) in [5.41, 5.74) is 0. The number of allylic oxidation sites excluding steroid dienone is 1. The van der Waals surface area contributed by atoms with Crippen LogP contribution in [-0.2, 0) is 9.68 Å². The molecule has 0 aromatic heterocycles. The summed E-state index contributed by atoms with van der Waals surface area (Å²) in [5, 5.41) is 0. The molecule has 0 radical (unpaired) electrons. The van der Waals surface area contributed by atoms with Crippen LogP contribution in [0.15, 0.2) is 11.8 Å². The summed E-state index contributed by atoms with van der Waals surface area (Å²) >= 11 is 0. The van der Waals surface area contributed by atoms with Gasteiger partial charge in [-0.1, -0.05) is 0 Å².